The summed E-state index contributed by atoms with van der Waals surface area (Å²) in [5, 5.41) is 12.4. The molecular weight excluding hydrogens is 293 g/mol. The van der Waals surface area contributed by atoms with Crippen LogP contribution in [0.15, 0.2) is 18.2 Å². The molecular formula is C16H21Cl2NO. The summed E-state index contributed by atoms with van der Waals surface area (Å²) >= 11 is 12.4. The van der Waals surface area contributed by atoms with Crippen LogP contribution in [0.5, 0.6) is 0 Å². The summed E-state index contributed by atoms with van der Waals surface area (Å²) in [7, 11) is 2.13. The number of piperidine rings is 1. The number of likely N-dealkylation sites (tertiary alicyclic amines) is 1. The first kappa shape index (κ1) is 14.6. The number of nitrogens with zero attached hydrogens (tertiary/aromatic N) is 1. The normalized spacial score (nSPS) is 34.8. The van der Waals surface area contributed by atoms with E-state index >= 15 is 0 Å². The standard InChI is InChI=1S/C16H21Cl2NO/c1-19-9-8-16(20)7-3-2-4-13(16)15(19)12-6-5-11(17)10-14(12)18/h5-6,10,13,15,20H,2-4,7-9H2,1H3. The highest BCUT2D eigenvalue weighted by Crippen LogP contribution is 2.49. The van der Waals surface area contributed by atoms with Gasteiger partial charge in [0.15, 0.2) is 0 Å². The second kappa shape index (κ2) is 5.49. The molecule has 1 aliphatic heterocycles. The number of aliphatic hydroxyl groups is 1. The van der Waals surface area contributed by atoms with Crippen molar-refractivity contribution in [3.05, 3.63) is 33.8 Å². The van der Waals surface area contributed by atoms with E-state index in [0.29, 0.717) is 10.0 Å². The zero-order valence-corrected chi connectivity index (χ0v) is 13.3. The number of benzene rings is 1. The molecule has 1 aromatic rings. The van der Waals surface area contributed by atoms with Gasteiger partial charge < -0.3 is 5.11 Å². The summed E-state index contributed by atoms with van der Waals surface area (Å²) < 4.78 is 0. The fourth-order valence-corrected chi connectivity index (χ4v) is 4.54. The highest BCUT2D eigenvalue weighted by Gasteiger charge is 2.48. The molecule has 2 aliphatic rings. The number of fused-ring (bicyclic) bond motifs is 1. The van der Waals surface area contributed by atoms with Crippen LogP contribution in [0.4, 0.5) is 0 Å². The third-order valence-electron chi connectivity index (χ3n) is 5.10. The lowest BCUT2D eigenvalue weighted by Gasteiger charge is -2.52. The van der Waals surface area contributed by atoms with Crippen LogP contribution in [-0.2, 0) is 0 Å². The van der Waals surface area contributed by atoms with E-state index in [1.807, 2.05) is 18.2 Å². The highest BCUT2D eigenvalue weighted by atomic mass is 35.5. The van der Waals surface area contributed by atoms with Crippen LogP contribution in [0, 0.1) is 5.92 Å². The number of hydrogen-bond donors (Lipinski definition) is 1. The highest BCUT2D eigenvalue weighted by molar-refractivity contribution is 6.35. The predicted octanol–water partition coefficient (Wildman–Crippen LogP) is 4.29. The van der Waals surface area contributed by atoms with E-state index in [0.717, 1.165) is 37.8 Å². The van der Waals surface area contributed by atoms with E-state index in [4.69, 9.17) is 23.2 Å². The fraction of sp³-hybridized carbons (Fsp3) is 0.625. The van der Waals surface area contributed by atoms with Crippen molar-refractivity contribution in [2.24, 2.45) is 5.92 Å². The van der Waals surface area contributed by atoms with Gasteiger partial charge in [0.05, 0.1) is 5.60 Å². The number of halogens is 2. The van der Waals surface area contributed by atoms with Gasteiger partial charge in [-0.25, -0.2) is 0 Å². The molecule has 0 spiro atoms. The Morgan fingerprint density at radius 2 is 2.05 bits per heavy atom. The molecule has 0 radical (unpaired) electrons. The van der Waals surface area contributed by atoms with Gasteiger partial charge in [0.25, 0.3) is 0 Å². The Hall–Kier alpha value is -0.280. The van der Waals surface area contributed by atoms with E-state index in [2.05, 4.69) is 11.9 Å². The molecule has 0 bridgehead atoms. The maximum Gasteiger partial charge on any atom is 0.0706 e. The summed E-state index contributed by atoms with van der Waals surface area (Å²) in [5.41, 5.74) is 0.585. The fourth-order valence-electron chi connectivity index (χ4n) is 4.02. The first-order valence-electron chi connectivity index (χ1n) is 7.39. The minimum Gasteiger partial charge on any atom is -0.389 e. The Bertz CT molecular complexity index is 507. The Labute approximate surface area is 130 Å². The van der Waals surface area contributed by atoms with Gasteiger partial charge in [0, 0.05) is 28.5 Å². The van der Waals surface area contributed by atoms with E-state index in [1.54, 1.807) is 0 Å². The molecule has 2 fully saturated rings. The number of hydrogen-bond acceptors (Lipinski definition) is 2. The van der Waals surface area contributed by atoms with E-state index in [-0.39, 0.29) is 12.0 Å². The molecule has 0 amide bonds. The first-order chi connectivity index (χ1) is 9.51. The lowest BCUT2D eigenvalue weighted by molar-refractivity contribution is -0.118. The largest absolute Gasteiger partial charge is 0.389 e. The molecule has 1 N–H and O–H groups in total. The summed E-state index contributed by atoms with van der Waals surface area (Å²) in [4.78, 5) is 2.33. The van der Waals surface area contributed by atoms with Crippen molar-refractivity contribution in [1.82, 2.24) is 4.90 Å². The molecule has 2 nitrogen and oxygen atoms in total. The molecule has 1 heterocycles. The topological polar surface area (TPSA) is 23.5 Å². The van der Waals surface area contributed by atoms with Gasteiger partial charge in [-0.15, -0.1) is 0 Å². The molecule has 3 atom stereocenters. The van der Waals surface area contributed by atoms with Crippen molar-refractivity contribution >= 4 is 23.2 Å². The Kier molecular flexibility index (Phi) is 4.02. The van der Waals surface area contributed by atoms with Crippen LogP contribution < -0.4 is 0 Å². The summed E-state index contributed by atoms with van der Waals surface area (Å²) in [5.74, 6) is 0.272. The van der Waals surface area contributed by atoms with Gasteiger partial charge >= 0.3 is 0 Å². The molecule has 1 saturated heterocycles. The molecule has 20 heavy (non-hydrogen) atoms. The molecule has 110 valence electrons. The third-order valence-corrected chi connectivity index (χ3v) is 5.66. The maximum absolute atomic E-state index is 11.0. The van der Waals surface area contributed by atoms with Crippen molar-refractivity contribution in [2.45, 2.75) is 43.7 Å². The summed E-state index contributed by atoms with van der Waals surface area (Å²) in [6, 6.07) is 5.92. The van der Waals surface area contributed by atoms with Gasteiger partial charge in [-0.3, -0.25) is 4.90 Å². The molecule has 3 rings (SSSR count). The van der Waals surface area contributed by atoms with Gasteiger partial charge in [-0.05, 0) is 44.0 Å². The van der Waals surface area contributed by atoms with E-state index < -0.39 is 5.60 Å². The minimum atomic E-state index is -0.515. The predicted molar refractivity (Wildman–Crippen MR) is 83.4 cm³/mol. The monoisotopic (exact) mass is 313 g/mol. The van der Waals surface area contributed by atoms with Gasteiger partial charge in [0.1, 0.15) is 0 Å². The van der Waals surface area contributed by atoms with Crippen LogP contribution in [0.3, 0.4) is 0 Å². The summed E-state index contributed by atoms with van der Waals surface area (Å²) in [6.07, 6.45) is 5.20. The van der Waals surface area contributed by atoms with E-state index in [1.165, 1.54) is 6.42 Å². The molecule has 1 saturated carbocycles. The second-order valence-corrected chi connectivity index (χ2v) is 7.14. The van der Waals surface area contributed by atoms with Crippen molar-refractivity contribution in [2.75, 3.05) is 13.6 Å². The average Bonchev–Trinajstić information content (AvgIpc) is 2.41. The zero-order chi connectivity index (χ0) is 14.3. The Morgan fingerprint density at radius 1 is 1.25 bits per heavy atom. The van der Waals surface area contributed by atoms with Gasteiger partial charge in [0.2, 0.25) is 0 Å². The first-order valence-corrected chi connectivity index (χ1v) is 8.14. The maximum atomic E-state index is 11.0. The van der Waals surface area contributed by atoms with Crippen LogP contribution in [0.1, 0.15) is 43.7 Å². The molecule has 1 aliphatic carbocycles. The molecule has 3 unspecified atom stereocenters. The van der Waals surface area contributed by atoms with Crippen LogP contribution in [0.25, 0.3) is 0 Å². The third kappa shape index (κ3) is 2.48. The zero-order valence-electron chi connectivity index (χ0n) is 11.8. The van der Waals surface area contributed by atoms with Gasteiger partial charge in [-0.2, -0.15) is 0 Å². The molecule has 1 aromatic carbocycles. The number of rotatable bonds is 1. The smallest absolute Gasteiger partial charge is 0.0706 e. The lowest BCUT2D eigenvalue weighted by Crippen LogP contribution is -2.53. The molecule has 4 heteroatoms. The Balaban J connectivity index is 2.00. The minimum absolute atomic E-state index is 0.193. The van der Waals surface area contributed by atoms with Crippen LogP contribution >= 0.6 is 23.2 Å². The van der Waals surface area contributed by atoms with E-state index in [9.17, 15) is 5.11 Å². The summed E-state index contributed by atoms with van der Waals surface area (Å²) in [6.45, 7) is 0.913. The molecule has 0 aromatic heterocycles. The van der Waals surface area contributed by atoms with Crippen molar-refractivity contribution in [3.63, 3.8) is 0 Å². The van der Waals surface area contributed by atoms with Gasteiger partial charge in [-0.1, -0.05) is 42.1 Å². The van der Waals surface area contributed by atoms with Crippen LogP contribution in [-0.4, -0.2) is 29.2 Å². The van der Waals surface area contributed by atoms with Crippen molar-refractivity contribution < 1.29 is 5.11 Å². The SMILES string of the molecule is CN1CCC2(O)CCCCC2C1c1ccc(Cl)cc1Cl. The van der Waals surface area contributed by atoms with Crippen LogP contribution in [0.2, 0.25) is 10.0 Å². The second-order valence-electron chi connectivity index (χ2n) is 6.30. The van der Waals surface area contributed by atoms with Crippen molar-refractivity contribution in [1.29, 1.82) is 0 Å². The van der Waals surface area contributed by atoms with Crippen molar-refractivity contribution in [3.8, 4) is 0 Å². The average molecular weight is 314 g/mol. The quantitative estimate of drug-likeness (QED) is 0.836. The lowest BCUT2D eigenvalue weighted by atomic mass is 9.66. The Morgan fingerprint density at radius 3 is 2.80 bits per heavy atom.